The summed E-state index contributed by atoms with van der Waals surface area (Å²) in [5.74, 6) is -0.600. The maximum Gasteiger partial charge on any atom is 0.261 e. The van der Waals surface area contributed by atoms with E-state index in [2.05, 4.69) is 10.5 Å². The molecular formula is C14H13FN2O2S. The van der Waals surface area contributed by atoms with E-state index in [1.54, 1.807) is 23.5 Å². The van der Waals surface area contributed by atoms with Gasteiger partial charge in [-0.1, -0.05) is 23.4 Å². The molecule has 1 amide bonds. The average Bonchev–Trinajstić information content (AvgIpc) is 2.95. The van der Waals surface area contributed by atoms with Crippen molar-refractivity contribution >= 4 is 23.5 Å². The highest BCUT2D eigenvalue weighted by Crippen LogP contribution is 2.07. The van der Waals surface area contributed by atoms with E-state index in [4.69, 9.17) is 4.84 Å². The first-order valence-corrected chi connectivity index (χ1v) is 6.82. The molecule has 20 heavy (non-hydrogen) atoms. The van der Waals surface area contributed by atoms with Crippen molar-refractivity contribution in [2.45, 2.75) is 6.54 Å². The van der Waals surface area contributed by atoms with E-state index in [0.717, 1.165) is 4.88 Å². The Bertz CT molecular complexity index is 585. The number of amides is 1. The van der Waals surface area contributed by atoms with Gasteiger partial charge >= 0.3 is 0 Å². The summed E-state index contributed by atoms with van der Waals surface area (Å²) in [4.78, 5) is 17.4. The highest BCUT2D eigenvalue weighted by atomic mass is 32.1. The predicted octanol–water partition coefficient (Wildman–Crippen LogP) is 2.55. The number of hydrogen-bond donors (Lipinski definition) is 1. The first-order chi connectivity index (χ1) is 9.74. The van der Waals surface area contributed by atoms with Crippen LogP contribution in [0.4, 0.5) is 4.39 Å². The molecular weight excluding hydrogens is 279 g/mol. The van der Waals surface area contributed by atoms with E-state index in [1.807, 2.05) is 17.5 Å². The number of rotatable bonds is 6. The van der Waals surface area contributed by atoms with Crippen molar-refractivity contribution < 1.29 is 14.0 Å². The van der Waals surface area contributed by atoms with E-state index in [0.29, 0.717) is 12.1 Å². The first kappa shape index (κ1) is 14.2. The Kier molecular flexibility index (Phi) is 5.25. The normalized spacial score (nSPS) is 10.7. The standard InChI is InChI=1S/C14H13FN2O2S/c15-12-4-1-3-11(7-12)8-17-19-10-14(18)16-9-13-5-2-6-20-13/h1-8H,9-10H2,(H,16,18)/b17-8-. The second kappa shape index (κ2) is 7.40. The molecule has 0 aliphatic rings. The number of oxime groups is 1. The van der Waals surface area contributed by atoms with Crippen LogP contribution in [0.1, 0.15) is 10.4 Å². The van der Waals surface area contributed by atoms with Crippen LogP contribution in [0.3, 0.4) is 0 Å². The molecule has 0 radical (unpaired) electrons. The Morgan fingerprint density at radius 1 is 1.40 bits per heavy atom. The number of carbonyl (C=O) groups is 1. The number of nitrogens with one attached hydrogen (secondary N) is 1. The van der Waals surface area contributed by atoms with Crippen LogP contribution in [-0.4, -0.2) is 18.7 Å². The molecule has 2 aromatic rings. The third kappa shape index (κ3) is 4.81. The lowest BCUT2D eigenvalue weighted by Gasteiger charge is -2.02. The van der Waals surface area contributed by atoms with Crippen LogP contribution in [0, 0.1) is 5.82 Å². The Morgan fingerprint density at radius 3 is 3.05 bits per heavy atom. The van der Waals surface area contributed by atoms with Crippen molar-refractivity contribution in [3.63, 3.8) is 0 Å². The fourth-order valence-corrected chi connectivity index (χ4v) is 2.08. The highest BCUT2D eigenvalue weighted by Gasteiger charge is 2.01. The molecule has 0 unspecified atom stereocenters. The lowest BCUT2D eigenvalue weighted by Crippen LogP contribution is -2.26. The molecule has 6 heteroatoms. The minimum atomic E-state index is -0.345. The van der Waals surface area contributed by atoms with Crippen molar-refractivity contribution in [1.82, 2.24) is 5.32 Å². The van der Waals surface area contributed by atoms with Crippen LogP contribution in [0.15, 0.2) is 46.9 Å². The summed E-state index contributed by atoms with van der Waals surface area (Å²) in [6.45, 7) is 0.310. The van der Waals surface area contributed by atoms with E-state index in [-0.39, 0.29) is 18.3 Å². The average molecular weight is 292 g/mol. The number of benzene rings is 1. The minimum Gasteiger partial charge on any atom is -0.386 e. The van der Waals surface area contributed by atoms with Gasteiger partial charge in [-0.2, -0.15) is 0 Å². The van der Waals surface area contributed by atoms with E-state index in [9.17, 15) is 9.18 Å². The van der Waals surface area contributed by atoms with Gasteiger partial charge in [0.15, 0.2) is 6.61 Å². The molecule has 0 saturated carbocycles. The van der Waals surface area contributed by atoms with Crippen LogP contribution < -0.4 is 5.32 Å². The van der Waals surface area contributed by atoms with Gasteiger partial charge in [0.2, 0.25) is 0 Å². The lowest BCUT2D eigenvalue weighted by molar-refractivity contribution is -0.125. The quantitative estimate of drug-likeness (QED) is 0.657. The number of halogens is 1. The largest absolute Gasteiger partial charge is 0.386 e. The molecule has 0 saturated heterocycles. The summed E-state index contributed by atoms with van der Waals surface area (Å²) in [5, 5.41) is 8.27. The summed E-state index contributed by atoms with van der Waals surface area (Å²) in [7, 11) is 0. The van der Waals surface area contributed by atoms with Gasteiger partial charge in [-0.3, -0.25) is 4.79 Å². The lowest BCUT2D eigenvalue weighted by atomic mass is 10.2. The molecule has 0 atom stereocenters. The Balaban J connectivity index is 1.68. The molecule has 1 aromatic carbocycles. The molecule has 1 N–H and O–H groups in total. The third-order valence-corrected chi connectivity index (χ3v) is 3.24. The molecule has 2 rings (SSSR count). The molecule has 104 valence electrons. The zero-order valence-corrected chi connectivity index (χ0v) is 11.4. The molecule has 1 heterocycles. The molecule has 0 aliphatic carbocycles. The topological polar surface area (TPSA) is 50.7 Å². The fourth-order valence-electron chi connectivity index (χ4n) is 1.43. The van der Waals surface area contributed by atoms with Crippen molar-refractivity contribution in [3.8, 4) is 0 Å². The van der Waals surface area contributed by atoms with Crippen molar-refractivity contribution in [2.24, 2.45) is 5.16 Å². The van der Waals surface area contributed by atoms with Crippen LogP contribution in [0.5, 0.6) is 0 Å². The maximum atomic E-state index is 12.9. The second-order valence-corrected chi connectivity index (χ2v) is 4.95. The van der Waals surface area contributed by atoms with Crippen LogP contribution in [0.2, 0.25) is 0 Å². The molecule has 0 spiro atoms. The Hall–Kier alpha value is -2.21. The molecule has 4 nitrogen and oxygen atoms in total. The second-order valence-electron chi connectivity index (χ2n) is 3.92. The monoisotopic (exact) mass is 292 g/mol. The number of hydrogen-bond acceptors (Lipinski definition) is 4. The van der Waals surface area contributed by atoms with Gasteiger partial charge in [-0.15, -0.1) is 11.3 Å². The summed E-state index contributed by atoms with van der Waals surface area (Å²) in [6.07, 6.45) is 1.36. The van der Waals surface area contributed by atoms with Gasteiger partial charge in [-0.05, 0) is 29.1 Å². The Morgan fingerprint density at radius 2 is 2.30 bits per heavy atom. The van der Waals surface area contributed by atoms with Gasteiger partial charge in [0.1, 0.15) is 5.82 Å². The summed E-state index contributed by atoms with van der Waals surface area (Å²) >= 11 is 1.57. The van der Waals surface area contributed by atoms with Gasteiger partial charge in [0.25, 0.3) is 5.91 Å². The third-order valence-electron chi connectivity index (χ3n) is 2.36. The first-order valence-electron chi connectivity index (χ1n) is 5.94. The summed E-state index contributed by atoms with van der Waals surface area (Å²) in [6, 6.07) is 9.79. The van der Waals surface area contributed by atoms with E-state index < -0.39 is 0 Å². The SMILES string of the molecule is O=C(CO/N=C\c1cccc(F)c1)NCc1cccs1. The van der Waals surface area contributed by atoms with Crippen molar-refractivity contribution in [3.05, 3.63) is 58.0 Å². The Labute approximate surface area is 119 Å². The van der Waals surface area contributed by atoms with Gasteiger partial charge in [0.05, 0.1) is 12.8 Å². The van der Waals surface area contributed by atoms with Gasteiger partial charge < -0.3 is 10.2 Å². The minimum absolute atomic E-state index is 0.169. The summed E-state index contributed by atoms with van der Waals surface area (Å²) in [5.41, 5.74) is 0.573. The predicted molar refractivity (Wildman–Crippen MR) is 76.1 cm³/mol. The van der Waals surface area contributed by atoms with Crippen LogP contribution in [0.25, 0.3) is 0 Å². The van der Waals surface area contributed by atoms with Crippen LogP contribution >= 0.6 is 11.3 Å². The number of thiophene rings is 1. The molecule has 0 bridgehead atoms. The highest BCUT2D eigenvalue weighted by molar-refractivity contribution is 7.09. The zero-order valence-electron chi connectivity index (χ0n) is 10.6. The van der Waals surface area contributed by atoms with Crippen molar-refractivity contribution in [1.29, 1.82) is 0 Å². The number of nitrogens with zero attached hydrogens (tertiary/aromatic N) is 1. The zero-order chi connectivity index (χ0) is 14.2. The smallest absolute Gasteiger partial charge is 0.261 e. The molecule has 1 aromatic heterocycles. The van der Waals surface area contributed by atoms with E-state index >= 15 is 0 Å². The molecule has 0 aliphatic heterocycles. The van der Waals surface area contributed by atoms with Gasteiger partial charge in [0, 0.05) is 4.88 Å². The maximum absolute atomic E-state index is 12.9. The number of carbonyl (C=O) groups excluding carboxylic acids is 1. The van der Waals surface area contributed by atoms with Gasteiger partial charge in [-0.25, -0.2) is 4.39 Å². The van der Waals surface area contributed by atoms with E-state index in [1.165, 1.54) is 18.3 Å². The summed E-state index contributed by atoms with van der Waals surface area (Å²) < 4.78 is 12.9. The van der Waals surface area contributed by atoms with Crippen LogP contribution in [-0.2, 0) is 16.2 Å². The fraction of sp³-hybridized carbons (Fsp3) is 0.143. The van der Waals surface area contributed by atoms with Crippen molar-refractivity contribution in [2.75, 3.05) is 6.61 Å². The molecule has 0 fully saturated rings.